The zero-order chi connectivity index (χ0) is 31.7. The number of hydrogen-bond acceptors (Lipinski definition) is 14. The maximum Gasteiger partial charge on any atom is 0.296 e. The molecule has 0 unspecified atom stereocenters. The molecule has 0 aromatic heterocycles. The van der Waals surface area contributed by atoms with Gasteiger partial charge in [0.25, 0.3) is 20.2 Å². The van der Waals surface area contributed by atoms with Crippen LogP contribution in [0.1, 0.15) is 0 Å². The van der Waals surface area contributed by atoms with Gasteiger partial charge in [-0.05, 0) is 48.5 Å². The molecule has 0 aliphatic carbocycles. The van der Waals surface area contributed by atoms with E-state index in [0.29, 0.717) is 17.5 Å². The molecular weight excluding hydrogens is 683 g/mol. The molecule has 224 valence electrons. The number of azo groups is 2. The third kappa shape index (κ3) is 9.11. The van der Waals surface area contributed by atoms with Crippen molar-refractivity contribution < 1.29 is 42.8 Å². The van der Waals surface area contributed by atoms with Crippen molar-refractivity contribution >= 4 is 133 Å². The largest absolute Gasteiger partial charge is 0.396 e. The molecule has 44 heavy (non-hydrogen) atoms. The number of nitrogens with zero attached hydrogens (tertiary/aromatic N) is 4. The first-order valence-corrected chi connectivity index (χ1v) is 16.8. The number of rotatable bonds is 10. The third-order valence-electron chi connectivity index (χ3n) is 5.27. The van der Waals surface area contributed by atoms with E-state index < -0.39 is 83.0 Å². The van der Waals surface area contributed by atoms with Crippen LogP contribution in [0, 0.1) is 0 Å². The van der Waals surface area contributed by atoms with Gasteiger partial charge in [0.2, 0.25) is 0 Å². The Hall–Kier alpha value is -2.34. The average molecular weight is 703 g/mol. The number of nitrogens with two attached hydrogens (primary N) is 2. The summed E-state index contributed by atoms with van der Waals surface area (Å²) in [6.07, 6.45) is 0. The quantitative estimate of drug-likeness (QED) is 0.103. The maximum atomic E-state index is 12.0. The molecule has 0 aliphatic rings. The Morgan fingerprint density at radius 2 is 1.07 bits per heavy atom. The summed E-state index contributed by atoms with van der Waals surface area (Å²) in [6.45, 7) is 6.34. The summed E-state index contributed by atoms with van der Waals surface area (Å²) in [4.78, 5) is -2.53. The Kier molecular flexibility index (Phi) is 13.4. The Morgan fingerprint density at radius 3 is 1.57 bits per heavy atom. The molecule has 16 nitrogen and oxygen atoms in total. The van der Waals surface area contributed by atoms with Crippen LogP contribution in [0.5, 0.6) is 0 Å². The SMILES string of the molecule is C=CS(=O)(=O)c1ccc(N=Nc2c(N)c(N=Nc3ccc(S(=O)(=O)C=C)cc3S(=O)(=O)O)cc(S(=O)(=O)O)c2N)cc1.[Na].[Na]. The van der Waals surface area contributed by atoms with Gasteiger partial charge in [-0.25, -0.2) is 16.8 Å². The van der Waals surface area contributed by atoms with Crippen LogP contribution >= 0.6 is 0 Å². The van der Waals surface area contributed by atoms with E-state index in [4.69, 9.17) is 11.5 Å². The molecule has 2 radical (unpaired) electrons. The molecule has 0 fully saturated rings. The van der Waals surface area contributed by atoms with Crippen LogP contribution in [0.2, 0.25) is 0 Å². The van der Waals surface area contributed by atoms with Gasteiger partial charge in [0.05, 0.1) is 26.9 Å². The van der Waals surface area contributed by atoms with E-state index >= 15 is 0 Å². The van der Waals surface area contributed by atoms with Gasteiger partial charge in [0.15, 0.2) is 19.7 Å². The van der Waals surface area contributed by atoms with E-state index in [-0.39, 0.29) is 69.7 Å². The van der Waals surface area contributed by atoms with Crippen LogP contribution in [0.4, 0.5) is 34.1 Å². The van der Waals surface area contributed by atoms with Crippen LogP contribution in [-0.4, -0.2) is 102 Å². The molecule has 0 atom stereocenters. The molecule has 0 amide bonds. The first-order valence-electron chi connectivity index (χ1n) is 10.8. The summed E-state index contributed by atoms with van der Waals surface area (Å²) in [6, 6.07) is 8.04. The standard InChI is InChI=1S/C22H20N6O10S4.2Na/c1-3-39(29,30)14-7-5-13(6-8-14)25-28-22-20(23)17(12-19(21(22)24)42(36,37)38)27-26-16-10-9-15(40(31,32)4-2)11-18(16)41(33,34)35;;/h3-12H,1-2,23-24H2,(H,33,34,35)(H,36,37,38);;. The molecule has 0 aliphatic heterocycles. The van der Waals surface area contributed by atoms with Gasteiger partial charge < -0.3 is 11.5 Å². The summed E-state index contributed by atoms with van der Waals surface area (Å²) in [5, 5.41) is 16.3. The minimum atomic E-state index is -5.05. The molecule has 6 N–H and O–H groups in total. The molecule has 22 heteroatoms. The fourth-order valence-corrected chi connectivity index (χ4v) is 5.94. The van der Waals surface area contributed by atoms with Crippen LogP contribution < -0.4 is 11.5 Å². The van der Waals surface area contributed by atoms with Crippen molar-refractivity contribution in [1.29, 1.82) is 0 Å². The number of hydrogen-bond donors (Lipinski definition) is 4. The van der Waals surface area contributed by atoms with Crippen molar-refractivity contribution in [3.05, 3.63) is 72.5 Å². The number of nitrogen functional groups attached to an aromatic ring is 2. The van der Waals surface area contributed by atoms with Crippen LogP contribution in [0.15, 0.2) is 113 Å². The normalized spacial score (nSPS) is 12.4. The average Bonchev–Trinajstić information content (AvgIpc) is 2.91. The molecule has 0 bridgehead atoms. The fraction of sp³-hybridized carbons (Fsp3) is 0. The number of benzene rings is 3. The first kappa shape index (κ1) is 39.7. The van der Waals surface area contributed by atoms with Crippen molar-refractivity contribution in [3.8, 4) is 0 Å². The van der Waals surface area contributed by atoms with Gasteiger partial charge >= 0.3 is 0 Å². The number of sulfone groups is 2. The zero-order valence-electron chi connectivity index (χ0n) is 22.9. The predicted molar refractivity (Wildman–Crippen MR) is 162 cm³/mol. The molecule has 0 saturated heterocycles. The third-order valence-corrected chi connectivity index (χ3v) is 9.76. The van der Waals surface area contributed by atoms with Gasteiger partial charge in [-0.2, -0.15) is 21.9 Å². The van der Waals surface area contributed by atoms with Gasteiger partial charge in [-0.15, -0.1) is 15.3 Å². The Bertz CT molecular complexity index is 2120. The van der Waals surface area contributed by atoms with E-state index in [9.17, 15) is 42.8 Å². The van der Waals surface area contributed by atoms with Crippen molar-refractivity contribution in [2.24, 2.45) is 20.5 Å². The number of anilines is 2. The van der Waals surface area contributed by atoms with E-state index in [1.807, 2.05) is 0 Å². The van der Waals surface area contributed by atoms with Crippen molar-refractivity contribution in [2.75, 3.05) is 11.5 Å². The monoisotopic (exact) mass is 702 g/mol. The van der Waals surface area contributed by atoms with Crippen molar-refractivity contribution in [1.82, 2.24) is 0 Å². The van der Waals surface area contributed by atoms with E-state index in [1.54, 1.807) is 0 Å². The van der Waals surface area contributed by atoms with Gasteiger partial charge in [-0.1, -0.05) is 13.2 Å². The Balaban J connectivity index is 0.00000484. The summed E-state index contributed by atoms with van der Waals surface area (Å²) in [5.74, 6) is 0. The van der Waals surface area contributed by atoms with Crippen molar-refractivity contribution in [2.45, 2.75) is 19.6 Å². The van der Waals surface area contributed by atoms with E-state index in [0.717, 1.165) is 17.5 Å². The summed E-state index contributed by atoms with van der Waals surface area (Å²) >= 11 is 0. The van der Waals surface area contributed by atoms with Crippen molar-refractivity contribution in [3.63, 3.8) is 0 Å². The van der Waals surface area contributed by atoms with Gasteiger partial charge in [0, 0.05) is 69.9 Å². The van der Waals surface area contributed by atoms with Gasteiger partial charge in [0.1, 0.15) is 26.9 Å². The molecule has 0 spiro atoms. The molecule has 0 heterocycles. The molecule has 0 saturated carbocycles. The molecule has 3 rings (SSSR count). The Labute approximate surface area is 297 Å². The summed E-state index contributed by atoms with van der Waals surface area (Å²) in [7, 11) is -17.9. The predicted octanol–water partition coefficient (Wildman–Crippen LogP) is 3.25. The van der Waals surface area contributed by atoms with Crippen LogP contribution in [-0.2, 0) is 39.9 Å². The Morgan fingerprint density at radius 1 is 0.591 bits per heavy atom. The molecule has 3 aromatic rings. The topological polar surface area (TPSA) is 278 Å². The smallest absolute Gasteiger partial charge is 0.296 e. The minimum absolute atomic E-state index is 0. The van der Waals surface area contributed by atoms with Gasteiger partial charge in [-0.3, -0.25) is 9.11 Å². The zero-order valence-corrected chi connectivity index (χ0v) is 30.2. The van der Waals surface area contributed by atoms with Crippen LogP contribution in [0.25, 0.3) is 0 Å². The van der Waals surface area contributed by atoms with E-state index in [2.05, 4.69) is 33.6 Å². The molecule has 3 aromatic carbocycles. The summed E-state index contributed by atoms with van der Waals surface area (Å²) < 4.78 is 115. The second-order valence-corrected chi connectivity index (χ2v) is 14.5. The van der Waals surface area contributed by atoms with E-state index in [1.165, 1.54) is 24.3 Å². The van der Waals surface area contributed by atoms with Crippen LogP contribution in [0.3, 0.4) is 0 Å². The fourth-order valence-electron chi connectivity index (χ4n) is 3.14. The first-order chi connectivity index (χ1) is 19.3. The summed E-state index contributed by atoms with van der Waals surface area (Å²) in [5.41, 5.74) is 9.26. The second kappa shape index (κ2) is 14.8. The molecular formula is C22H20N6Na2O10S4. The minimum Gasteiger partial charge on any atom is -0.396 e. The second-order valence-electron chi connectivity index (χ2n) is 7.97. The maximum absolute atomic E-state index is 12.0.